The van der Waals surface area contributed by atoms with Crippen LogP contribution in [0.3, 0.4) is 0 Å². The molecule has 0 atom stereocenters. The molecule has 0 heterocycles. The van der Waals surface area contributed by atoms with E-state index in [9.17, 15) is 4.79 Å². The first-order chi connectivity index (χ1) is 7.67. The van der Waals surface area contributed by atoms with Crippen molar-refractivity contribution in [2.45, 2.75) is 26.7 Å². The van der Waals surface area contributed by atoms with Crippen molar-refractivity contribution in [2.75, 3.05) is 13.2 Å². The number of carbonyl (C=O) groups excluding carboxylic acids is 1. The molecule has 0 radical (unpaired) electrons. The Kier molecular flexibility index (Phi) is 7.53. The van der Waals surface area contributed by atoms with E-state index < -0.39 is 5.97 Å². The molecule has 0 saturated heterocycles. The molecule has 0 aliphatic carbocycles. The molecule has 0 aromatic rings. The lowest BCUT2D eigenvalue weighted by Crippen LogP contribution is -2.09. The van der Waals surface area contributed by atoms with E-state index in [0.717, 1.165) is 5.57 Å². The minimum Gasteiger partial charge on any atom is -0.463 e. The molecular formula is C10H16N4O2. The zero-order valence-electron chi connectivity index (χ0n) is 9.56. The number of esters is 1. The molecule has 6 heteroatoms. The molecule has 88 valence electrons. The van der Waals surface area contributed by atoms with Gasteiger partial charge in [-0.1, -0.05) is 10.7 Å². The van der Waals surface area contributed by atoms with Gasteiger partial charge in [0.25, 0.3) is 0 Å². The van der Waals surface area contributed by atoms with E-state index in [1.54, 1.807) is 13.8 Å². The molecule has 0 rings (SSSR count). The van der Waals surface area contributed by atoms with Crippen LogP contribution in [0.25, 0.3) is 10.4 Å². The zero-order chi connectivity index (χ0) is 12.4. The third-order valence-electron chi connectivity index (χ3n) is 2.03. The van der Waals surface area contributed by atoms with Crippen molar-refractivity contribution in [1.29, 1.82) is 5.41 Å². The maximum Gasteiger partial charge on any atom is 0.333 e. The SMILES string of the molecule is CCOC(=O)/C(C)=C(/CCC=N)CN=[N+]=[N-]. The van der Waals surface area contributed by atoms with Crippen LogP contribution in [0.4, 0.5) is 0 Å². The first-order valence-corrected chi connectivity index (χ1v) is 5.02. The third-order valence-corrected chi connectivity index (χ3v) is 2.03. The van der Waals surface area contributed by atoms with Crippen molar-refractivity contribution in [1.82, 2.24) is 0 Å². The lowest BCUT2D eigenvalue weighted by Gasteiger charge is -2.08. The molecule has 0 saturated carbocycles. The minimum absolute atomic E-state index is 0.148. The largest absolute Gasteiger partial charge is 0.463 e. The standard InChI is InChI=1S/C10H16N4O2/c1-3-16-10(15)8(2)9(5-4-6-11)7-13-14-12/h6,11H,3-5,7H2,1-2H3/b9-8-,11-6?. The molecule has 0 amide bonds. The van der Waals surface area contributed by atoms with Gasteiger partial charge in [-0.25, -0.2) is 4.79 Å². The Bertz CT molecular complexity index is 330. The predicted octanol–water partition coefficient (Wildman–Crippen LogP) is 2.61. The summed E-state index contributed by atoms with van der Waals surface area (Å²) in [6.45, 7) is 3.84. The van der Waals surface area contributed by atoms with Gasteiger partial charge in [-0.05, 0) is 38.4 Å². The second-order valence-electron chi connectivity index (χ2n) is 3.08. The monoisotopic (exact) mass is 224 g/mol. The summed E-state index contributed by atoms with van der Waals surface area (Å²) in [5.41, 5.74) is 9.43. The summed E-state index contributed by atoms with van der Waals surface area (Å²) < 4.78 is 4.86. The van der Waals surface area contributed by atoms with E-state index in [-0.39, 0.29) is 6.54 Å². The number of hydrogen-bond donors (Lipinski definition) is 1. The Labute approximate surface area is 94.4 Å². The molecule has 0 aromatic heterocycles. The fourth-order valence-electron chi connectivity index (χ4n) is 1.13. The van der Waals surface area contributed by atoms with E-state index in [4.69, 9.17) is 15.7 Å². The van der Waals surface area contributed by atoms with Gasteiger partial charge in [-0.3, -0.25) is 0 Å². The summed E-state index contributed by atoms with van der Waals surface area (Å²) >= 11 is 0. The van der Waals surface area contributed by atoms with Crippen LogP contribution in [0.5, 0.6) is 0 Å². The molecule has 0 aliphatic rings. The fraction of sp³-hybridized carbons (Fsp3) is 0.600. The Hall–Kier alpha value is -1.81. The highest BCUT2D eigenvalue weighted by Gasteiger charge is 2.10. The highest BCUT2D eigenvalue weighted by atomic mass is 16.5. The summed E-state index contributed by atoms with van der Waals surface area (Å²) in [4.78, 5) is 14.1. The highest BCUT2D eigenvalue weighted by molar-refractivity contribution is 5.88. The van der Waals surface area contributed by atoms with Crippen molar-refractivity contribution in [3.05, 3.63) is 21.6 Å². The third kappa shape index (κ3) is 5.17. The van der Waals surface area contributed by atoms with Crippen molar-refractivity contribution < 1.29 is 9.53 Å². The normalized spacial score (nSPS) is 11.1. The fourth-order valence-corrected chi connectivity index (χ4v) is 1.13. The van der Waals surface area contributed by atoms with Crippen molar-refractivity contribution >= 4 is 12.2 Å². The predicted molar refractivity (Wildman–Crippen MR) is 61.4 cm³/mol. The molecule has 0 fully saturated rings. The van der Waals surface area contributed by atoms with Crippen molar-refractivity contribution in [3.63, 3.8) is 0 Å². The number of nitrogens with zero attached hydrogens (tertiary/aromatic N) is 3. The van der Waals surface area contributed by atoms with E-state index >= 15 is 0 Å². The maximum absolute atomic E-state index is 11.4. The minimum atomic E-state index is -0.393. The lowest BCUT2D eigenvalue weighted by atomic mass is 10.0. The summed E-state index contributed by atoms with van der Waals surface area (Å²) in [6, 6.07) is 0. The van der Waals surface area contributed by atoms with Crippen LogP contribution in [0.2, 0.25) is 0 Å². The quantitative estimate of drug-likeness (QED) is 0.179. The lowest BCUT2D eigenvalue weighted by molar-refractivity contribution is -0.138. The summed E-state index contributed by atoms with van der Waals surface area (Å²) in [6.07, 6.45) is 2.31. The van der Waals surface area contributed by atoms with Crippen molar-refractivity contribution in [3.8, 4) is 0 Å². The van der Waals surface area contributed by atoms with Crippen molar-refractivity contribution in [2.24, 2.45) is 5.11 Å². The number of carbonyl (C=O) groups is 1. The molecule has 1 N–H and O–H groups in total. The topological polar surface area (TPSA) is 98.9 Å². The first-order valence-electron chi connectivity index (χ1n) is 5.02. The second kappa shape index (κ2) is 8.49. The maximum atomic E-state index is 11.4. The average molecular weight is 224 g/mol. The second-order valence-corrected chi connectivity index (χ2v) is 3.08. The van der Waals surface area contributed by atoms with Gasteiger partial charge >= 0.3 is 5.97 Å². The van der Waals surface area contributed by atoms with Gasteiger partial charge in [0.2, 0.25) is 0 Å². The molecule has 0 aliphatic heterocycles. The zero-order valence-corrected chi connectivity index (χ0v) is 9.56. The van der Waals surface area contributed by atoms with Crippen LogP contribution < -0.4 is 0 Å². The van der Waals surface area contributed by atoms with Crippen LogP contribution in [0.1, 0.15) is 26.7 Å². The Morgan fingerprint density at radius 1 is 1.62 bits per heavy atom. The molecule has 0 spiro atoms. The molecular weight excluding hydrogens is 208 g/mol. The number of nitrogens with one attached hydrogen (secondary N) is 1. The summed E-state index contributed by atoms with van der Waals surface area (Å²) in [5, 5.41) is 10.4. The van der Waals surface area contributed by atoms with Crippen LogP contribution in [0, 0.1) is 5.41 Å². The molecule has 0 unspecified atom stereocenters. The van der Waals surface area contributed by atoms with E-state index in [1.165, 1.54) is 6.21 Å². The Morgan fingerprint density at radius 3 is 2.81 bits per heavy atom. The van der Waals surface area contributed by atoms with Crippen LogP contribution in [-0.4, -0.2) is 25.3 Å². The van der Waals surface area contributed by atoms with Gasteiger partial charge < -0.3 is 10.1 Å². The van der Waals surface area contributed by atoms with Crippen LogP contribution in [-0.2, 0) is 9.53 Å². The van der Waals surface area contributed by atoms with Gasteiger partial charge in [-0.15, -0.1) is 0 Å². The number of rotatable bonds is 7. The summed E-state index contributed by atoms with van der Waals surface area (Å²) in [5.74, 6) is -0.393. The average Bonchev–Trinajstić information content (AvgIpc) is 2.29. The molecule has 0 bridgehead atoms. The number of hydrogen-bond acceptors (Lipinski definition) is 4. The molecule has 16 heavy (non-hydrogen) atoms. The Morgan fingerprint density at radius 2 is 2.31 bits per heavy atom. The van der Waals surface area contributed by atoms with Gasteiger partial charge in [0.05, 0.1) is 6.61 Å². The van der Waals surface area contributed by atoms with E-state index in [0.29, 0.717) is 25.0 Å². The smallest absolute Gasteiger partial charge is 0.333 e. The van der Waals surface area contributed by atoms with Crippen LogP contribution in [0.15, 0.2) is 16.3 Å². The van der Waals surface area contributed by atoms with Gasteiger partial charge in [0.15, 0.2) is 0 Å². The van der Waals surface area contributed by atoms with E-state index in [2.05, 4.69) is 10.0 Å². The molecule has 0 aromatic carbocycles. The number of azide groups is 1. The van der Waals surface area contributed by atoms with Gasteiger partial charge in [0.1, 0.15) is 0 Å². The highest BCUT2D eigenvalue weighted by Crippen LogP contribution is 2.13. The van der Waals surface area contributed by atoms with Crippen LogP contribution >= 0.6 is 0 Å². The van der Waals surface area contributed by atoms with Gasteiger partial charge in [-0.2, -0.15) is 0 Å². The Balaban J connectivity index is 4.77. The van der Waals surface area contributed by atoms with Gasteiger partial charge in [0, 0.05) is 17.0 Å². The molecule has 6 nitrogen and oxygen atoms in total. The van der Waals surface area contributed by atoms with E-state index in [1.807, 2.05) is 0 Å². The summed E-state index contributed by atoms with van der Waals surface area (Å²) in [7, 11) is 0. The first kappa shape index (κ1) is 14.2. The number of ether oxygens (including phenoxy) is 1.